The van der Waals surface area contributed by atoms with E-state index in [0.717, 1.165) is 12.1 Å². The number of ether oxygens (including phenoxy) is 1. The molecule has 2 rings (SSSR count). The van der Waals surface area contributed by atoms with Gasteiger partial charge in [0.05, 0.1) is 5.56 Å². The Morgan fingerprint density at radius 2 is 1.83 bits per heavy atom. The molecule has 0 saturated heterocycles. The van der Waals surface area contributed by atoms with Crippen molar-refractivity contribution >= 4 is 5.91 Å². The number of amides is 1. The largest absolute Gasteiger partial charge is 0.484 e. The highest BCUT2D eigenvalue weighted by Crippen LogP contribution is 2.31. The molecular formula is C16H13F4NO2. The second-order valence-electron chi connectivity index (χ2n) is 4.72. The van der Waals surface area contributed by atoms with Crippen LogP contribution in [0.25, 0.3) is 0 Å². The number of hydrogen-bond acceptors (Lipinski definition) is 2. The van der Waals surface area contributed by atoms with Gasteiger partial charge in [-0.25, -0.2) is 4.39 Å². The lowest BCUT2D eigenvalue weighted by molar-refractivity contribution is -0.137. The highest BCUT2D eigenvalue weighted by Gasteiger charge is 2.30. The van der Waals surface area contributed by atoms with Crippen LogP contribution in [0.1, 0.15) is 11.1 Å². The van der Waals surface area contributed by atoms with Gasteiger partial charge in [0.1, 0.15) is 11.6 Å². The van der Waals surface area contributed by atoms with Gasteiger partial charge in [-0.15, -0.1) is 0 Å². The molecule has 0 heterocycles. The molecule has 0 atom stereocenters. The normalized spacial score (nSPS) is 11.1. The molecule has 0 radical (unpaired) electrons. The zero-order valence-corrected chi connectivity index (χ0v) is 11.9. The molecule has 0 aromatic heterocycles. The molecule has 0 unspecified atom stereocenters. The van der Waals surface area contributed by atoms with Crippen LogP contribution in [0.15, 0.2) is 48.5 Å². The molecule has 122 valence electrons. The number of halogens is 4. The maximum atomic E-state index is 13.0. The quantitative estimate of drug-likeness (QED) is 0.853. The third-order valence-electron chi connectivity index (χ3n) is 2.91. The second-order valence-corrected chi connectivity index (χ2v) is 4.72. The third kappa shape index (κ3) is 5.28. The fraction of sp³-hybridized carbons (Fsp3) is 0.188. The van der Waals surface area contributed by atoms with Crippen molar-refractivity contribution in [2.45, 2.75) is 12.7 Å². The number of alkyl halides is 3. The Hall–Kier alpha value is -2.57. The average molecular weight is 327 g/mol. The maximum absolute atomic E-state index is 13.0. The Kier molecular flexibility index (Phi) is 5.20. The van der Waals surface area contributed by atoms with Gasteiger partial charge in [0.25, 0.3) is 5.91 Å². The molecule has 23 heavy (non-hydrogen) atoms. The fourth-order valence-electron chi connectivity index (χ4n) is 1.81. The minimum absolute atomic E-state index is 0.0549. The molecule has 0 fully saturated rings. The highest BCUT2D eigenvalue weighted by molar-refractivity contribution is 5.77. The van der Waals surface area contributed by atoms with Crippen LogP contribution >= 0.6 is 0 Å². The van der Waals surface area contributed by atoms with Crippen molar-refractivity contribution < 1.29 is 27.1 Å². The highest BCUT2D eigenvalue weighted by atomic mass is 19.4. The van der Waals surface area contributed by atoms with Gasteiger partial charge in [-0.1, -0.05) is 18.2 Å². The van der Waals surface area contributed by atoms with E-state index in [-0.39, 0.29) is 12.3 Å². The van der Waals surface area contributed by atoms with Gasteiger partial charge in [-0.2, -0.15) is 13.2 Å². The third-order valence-corrected chi connectivity index (χ3v) is 2.91. The van der Waals surface area contributed by atoms with Crippen LogP contribution in [0.4, 0.5) is 17.6 Å². The number of hydrogen-bond donors (Lipinski definition) is 1. The Balaban J connectivity index is 1.85. The monoisotopic (exact) mass is 327 g/mol. The van der Waals surface area contributed by atoms with Gasteiger partial charge in [0.2, 0.25) is 0 Å². The topological polar surface area (TPSA) is 38.3 Å². The first kappa shape index (κ1) is 16.8. The minimum Gasteiger partial charge on any atom is -0.484 e. The van der Waals surface area contributed by atoms with Crippen molar-refractivity contribution in [1.82, 2.24) is 5.32 Å². The maximum Gasteiger partial charge on any atom is 0.416 e. The Morgan fingerprint density at radius 3 is 2.52 bits per heavy atom. The molecule has 0 aliphatic carbocycles. The Morgan fingerprint density at radius 1 is 1.09 bits per heavy atom. The first-order valence-corrected chi connectivity index (χ1v) is 6.66. The Bertz CT molecular complexity index is 686. The van der Waals surface area contributed by atoms with E-state index < -0.39 is 30.1 Å². The average Bonchev–Trinajstić information content (AvgIpc) is 2.50. The fourth-order valence-corrected chi connectivity index (χ4v) is 1.81. The molecular weight excluding hydrogens is 314 g/mol. The number of nitrogens with one attached hydrogen (secondary N) is 1. The van der Waals surface area contributed by atoms with E-state index in [1.54, 1.807) is 6.07 Å². The zero-order valence-electron chi connectivity index (χ0n) is 11.9. The van der Waals surface area contributed by atoms with Crippen molar-refractivity contribution in [1.29, 1.82) is 0 Å². The standard InChI is InChI=1S/C16H13F4NO2/c17-13-5-1-3-11(7-13)9-21-15(22)10-23-14-6-2-4-12(8-14)16(18,19)20/h1-8H,9-10H2,(H,21,22). The lowest BCUT2D eigenvalue weighted by Crippen LogP contribution is -2.28. The molecule has 7 heteroatoms. The van der Waals surface area contributed by atoms with Gasteiger partial charge >= 0.3 is 6.18 Å². The smallest absolute Gasteiger partial charge is 0.416 e. The van der Waals surface area contributed by atoms with Crippen LogP contribution in [0.3, 0.4) is 0 Å². The first-order valence-electron chi connectivity index (χ1n) is 6.66. The van der Waals surface area contributed by atoms with Gasteiger partial charge < -0.3 is 10.1 Å². The molecule has 0 spiro atoms. The van der Waals surface area contributed by atoms with Gasteiger partial charge in [-0.3, -0.25) is 4.79 Å². The minimum atomic E-state index is -4.47. The lowest BCUT2D eigenvalue weighted by Gasteiger charge is -2.10. The summed E-state index contributed by atoms with van der Waals surface area (Å²) in [6, 6.07) is 9.96. The summed E-state index contributed by atoms with van der Waals surface area (Å²) in [5, 5.41) is 2.49. The summed E-state index contributed by atoms with van der Waals surface area (Å²) in [6.07, 6.45) is -4.47. The predicted octanol–water partition coefficient (Wildman–Crippen LogP) is 3.54. The van der Waals surface area contributed by atoms with Crippen molar-refractivity contribution in [3.8, 4) is 5.75 Å². The van der Waals surface area contributed by atoms with E-state index >= 15 is 0 Å². The summed E-state index contributed by atoms with van der Waals surface area (Å²) >= 11 is 0. The van der Waals surface area contributed by atoms with Crippen LogP contribution in [0, 0.1) is 5.82 Å². The summed E-state index contributed by atoms with van der Waals surface area (Å²) in [5.41, 5.74) is -0.285. The summed E-state index contributed by atoms with van der Waals surface area (Å²) in [5.74, 6) is -0.996. The van der Waals surface area contributed by atoms with Crippen molar-refractivity contribution in [2.75, 3.05) is 6.61 Å². The van der Waals surface area contributed by atoms with E-state index in [4.69, 9.17) is 4.74 Å². The summed E-state index contributed by atoms with van der Waals surface area (Å²) in [4.78, 5) is 11.6. The van der Waals surface area contributed by atoms with Gasteiger partial charge in [-0.05, 0) is 35.9 Å². The molecule has 0 saturated carbocycles. The van der Waals surface area contributed by atoms with Crippen molar-refractivity contribution in [3.05, 3.63) is 65.5 Å². The van der Waals surface area contributed by atoms with Crippen LogP contribution in [0.2, 0.25) is 0 Å². The summed E-state index contributed by atoms with van der Waals surface area (Å²) in [7, 11) is 0. The van der Waals surface area contributed by atoms with Gasteiger partial charge in [0.15, 0.2) is 6.61 Å². The van der Waals surface area contributed by atoms with Crippen LogP contribution in [-0.4, -0.2) is 12.5 Å². The van der Waals surface area contributed by atoms with E-state index in [1.807, 2.05) is 0 Å². The van der Waals surface area contributed by atoms with Crippen LogP contribution < -0.4 is 10.1 Å². The molecule has 2 aromatic carbocycles. The first-order chi connectivity index (χ1) is 10.8. The molecule has 0 bridgehead atoms. The van der Waals surface area contributed by atoms with E-state index in [1.165, 1.54) is 30.3 Å². The summed E-state index contributed by atoms with van der Waals surface area (Å²) in [6.45, 7) is -0.334. The Labute approximate surface area is 129 Å². The zero-order chi connectivity index (χ0) is 16.9. The molecule has 1 N–H and O–H groups in total. The summed E-state index contributed by atoms with van der Waals surface area (Å²) < 4.78 is 55.6. The van der Waals surface area contributed by atoms with Crippen LogP contribution in [0.5, 0.6) is 5.75 Å². The van der Waals surface area contributed by atoms with Crippen LogP contribution in [-0.2, 0) is 17.5 Å². The molecule has 0 aliphatic rings. The van der Waals surface area contributed by atoms with Crippen molar-refractivity contribution in [2.24, 2.45) is 0 Å². The number of rotatable bonds is 5. The number of carbonyl (C=O) groups excluding carboxylic acids is 1. The van der Waals surface area contributed by atoms with E-state index in [2.05, 4.69) is 5.32 Å². The number of benzene rings is 2. The molecule has 0 aliphatic heterocycles. The number of carbonyl (C=O) groups is 1. The molecule has 3 nitrogen and oxygen atoms in total. The van der Waals surface area contributed by atoms with E-state index in [9.17, 15) is 22.4 Å². The second kappa shape index (κ2) is 7.13. The van der Waals surface area contributed by atoms with Gasteiger partial charge in [0, 0.05) is 6.54 Å². The predicted molar refractivity (Wildman–Crippen MR) is 75.2 cm³/mol. The SMILES string of the molecule is O=C(COc1cccc(C(F)(F)F)c1)NCc1cccc(F)c1. The van der Waals surface area contributed by atoms with Crippen molar-refractivity contribution in [3.63, 3.8) is 0 Å². The molecule has 2 aromatic rings. The van der Waals surface area contributed by atoms with E-state index in [0.29, 0.717) is 5.56 Å². The lowest BCUT2D eigenvalue weighted by atomic mass is 10.2. The molecule has 1 amide bonds.